The van der Waals surface area contributed by atoms with Crippen molar-refractivity contribution in [1.29, 1.82) is 0 Å². The zero-order chi connectivity index (χ0) is 21.3. The van der Waals surface area contributed by atoms with E-state index in [1.807, 2.05) is 24.3 Å². The maximum Gasteiger partial charge on any atom is 0.267 e. The summed E-state index contributed by atoms with van der Waals surface area (Å²) in [4.78, 5) is 40.7. The Morgan fingerprint density at radius 1 is 1.07 bits per heavy atom. The Morgan fingerprint density at radius 3 is 2.57 bits per heavy atom. The minimum absolute atomic E-state index is 0.0237. The third-order valence-corrected chi connectivity index (χ3v) is 4.33. The van der Waals surface area contributed by atoms with Crippen molar-refractivity contribution in [2.45, 2.75) is 0 Å². The van der Waals surface area contributed by atoms with Crippen molar-refractivity contribution in [2.75, 3.05) is 23.3 Å². The van der Waals surface area contributed by atoms with Crippen molar-refractivity contribution in [3.63, 3.8) is 0 Å². The van der Waals surface area contributed by atoms with Crippen LogP contribution in [0, 0.1) is 0 Å². The maximum atomic E-state index is 12.6. The third-order valence-electron chi connectivity index (χ3n) is 4.33. The minimum atomic E-state index is -0.638. The van der Waals surface area contributed by atoms with E-state index in [9.17, 15) is 14.4 Å². The predicted molar refractivity (Wildman–Crippen MR) is 114 cm³/mol. The average molecular weight is 404 g/mol. The number of aldehydes is 1. The average Bonchev–Trinajstić information content (AvgIpc) is 2.78. The van der Waals surface area contributed by atoms with Gasteiger partial charge in [0.15, 0.2) is 0 Å². The van der Waals surface area contributed by atoms with Gasteiger partial charge in [-0.15, -0.1) is 0 Å². The highest BCUT2D eigenvalue weighted by Gasteiger charge is 2.13. The van der Waals surface area contributed by atoms with E-state index in [1.165, 1.54) is 17.6 Å². The van der Waals surface area contributed by atoms with Gasteiger partial charge in [0.2, 0.25) is 5.91 Å². The van der Waals surface area contributed by atoms with Crippen molar-refractivity contribution < 1.29 is 19.6 Å². The monoisotopic (exact) mass is 404 g/mol. The van der Waals surface area contributed by atoms with Crippen molar-refractivity contribution in [1.82, 2.24) is 10.5 Å². The number of anilines is 2. The van der Waals surface area contributed by atoms with Crippen LogP contribution in [-0.4, -0.2) is 41.4 Å². The van der Waals surface area contributed by atoms with Crippen molar-refractivity contribution in [2.24, 2.45) is 0 Å². The fourth-order valence-corrected chi connectivity index (χ4v) is 2.92. The van der Waals surface area contributed by atoms with E-state index in [1.54, 1.807) is 41.4 Å². The molecule has 8 nitrogen and oxygen atoms in total. The molecule has 1 aromatic heterocycles. The molecule has 0 aliphatic rings. The first-order chi connectivity index (χ1) is 14.6. The van der Waals surface area contributed by atoms with Crippen LogP contribution in [-0.2, 0) is 14.4 Å². The lowest BCUT2D eigenvalue weighted by molar-refractivity contribution is -0.124. The van der Waals surface area contributed by atoms with Gasteiger partial charge in [-0.3, -0.25) is 19.8 Å². The molecule has 0 aliphatic heterocycles. The number of nitrogens with zero attached hydrogens (tertiary/aromatic N) is 2. The van der Waals surface area contributed by atoms with Crippen LogP contribution < -0.4 is 15.7 Å². The SMILES string of the molecule is O=CCN(CC(=O)Nc1cccc2cccnc12)c1ccc(/C=C/C(=O)NO)cc1. The van der Waals surface area contributed by atoms with Crippen LogP contribution in [0.4, 0.5) is 11.4 Å². The first kappa shape index (κ1) is 20.7. The molecular weight excluding hydrogens is 384 g/mol. The number of hydroxylamine groups is 1. The zero-order valence-electron chi connectivity index (χ0n) is 16.0. The normalized spacial score (nSPS) is 10.7. The van der Waals surface area contributed by atoms with Gasteiger partial charge in [0, 0.05) is 23.3 Å². The van der Waals surface area contributed by atoms with Crippen LogP contribution in [0.2, 0.25) is 0 Å². The van der Waals surface area contributed by atoms with Crippen LogP contribution >= 0.6 is 0 Å². The van der Waals surface area contributed by atoms with E-state index in [0.29, 0.717) is 16.9 Å². The number of hydrogen-bond donors (Lipinski definition) is 3. The van der Waals surface area contributed by atoms with E-state index in [2.05, 4.69) is 10.3 Å². The molecule has 0 bridgehead atoms. The Morgan fingerprint density at radius 2 is 1.83 bits per heavy atom. The van der Waals surface area contributed by atoms with E-state index < -0.39 is 5.91 Å². The molecule has 152 valence electrons. The largest absolute Gasteiger partial charge is 0.355 e. The maximum absolute atomic E-state index is 12.6. The fourth-order valence-electron chi connectivity index (χ4n) is 2.92. The van der Waals surface area contributed by atoms with Crippen molar-refractivity contribution in [3.8, 4) is 0 Å². The van der Waals surface area contributed by atoms with Gasteiger partial charge in [-0.05, 0) is 35.9 Å². The zero-order valence-corrected chi connectivity index (χ0v) is 16.0. The van der Waals surface area contributed by atoms with Crippen molar-refractivity contribution in [3.05, 3.63) is 72.4 Å². The number of para-hydroxylation sites is 1. The molecule has 0 saturated carbocycles. The Hall–Kier alpha value is -4.04. The van der Waals surface area contributed by atoms with Gasteiger partial charge in [-0.2, -0.15) is 0 Å². The number of nitrogens with one attached hydrogen (secondary N) is 2. The minimum Gasteiger partial charge on any atom is -0.355 e. The molecule has 3 N–H and O–H groups in total. The lowest BCUT2D eigenvalue weighted by Gasteiger charge is -2.22. The molecule has 3 rings (SSSR count). The molecule has 30 heavy (non-hydrogen) atoms. The number of amides is 2. The van der Waals surface area contributed by atoms with Gasteiger partial charge in [-0.1, -0.05) is 30.3 Å². The van der Waals surface area contributed by atoms with Gasteiger partial charge in [-0.25, -0.2) is 5.48 Å². The second-order valence-corrected chi connectivity index (χ2v) is 6.38. The number of aromatic nitrogens is 1. The Balaban J connectivity index is 1.71. The van der Waals surface area contributed by atoms with Gasteiger partial charge < -0.3 is 15.0 Å². The summed E-state index contributed by atoms with van der Waals surface area (Å²) in [5.41, 5.74) is 4.21. The van der Waals surface area contributed by atoms with Gasteiger partial charge in [0.1, 0.15) is 6.29 Å². The number of carbonyl (C=O) groups excluding carboxylic acids is 3. The Bertz CT molecular complexity index is 1070. The van der Waals surface area contributed by atoms with Crippen LogP contribution in [0.5, 0.6) is 0 Å². The van der Waals surface area contributed by atoms with Gasteiger partial charge >= 0.3 is 0 Å². The highest BCUT2D eigenvalue weighted by Crippen LogP contribution is 2.21. The summed E-state index contributed by atoms with van der Waals surface area (Å²) >= 11 is 0. The molecule has 2 amide bonds. The van der Waals surface area contributed by atoms with E-state index >= 15 is 0 Å². The molecule has 0 unspecified atom stereocenters. The molecule has 1 heterocycles. The first-order valence-corrected chi connectivity index (χ1v) is 9.15. The summed E-state index contributed by atoms with van der Waals surface area (Å²) in [5, 5.41) is 12.3. The molecule has 2 aromatic carbocycles. The molecule has 0 aliphatic carbocycles. The predicted octanol–water partition coefficient (Wildman–Crippen LogP) is 2.40. The lowest BCUT2D eigenvalue weighted by atomic mass is 10.1. The molecule has 0 radical (unpaired) electrons. The van der Waals surface area contributed by atoms with Crippen LogP contribution in [0.25, 0.3) is 17.0 Å². The molecule has 0 saturated heterocycles. The van der Waals surface area contributed by atoms with E-state index in [-0.39, 0.29) is 19.0 Å². The topological polar surface area (TPSA) is 112 Å². The molecule has 0 fully saturated rings. The second-order valence-electron chi connectivity index (χ2n) is 6.38. The number of fused-ring (bicyclic) bond motifs is 1. The van der Waals surface area contributed by atoms with Crippen LogP contribution in [0.3, 0.4) is 0 Å². The van der Waals surface area contributed by atoms with E-state index in [0.717, 1.165) is 17.2 Å². The fraction of sp³-hybridized carbons (Fsp3) is 0.0909. The summed E-state index contributed by atoms with van der Waals surface area (Å²) in [6.45, 7) is 0.0212. The standard InChI is InChI=1S/C22H20N4O4/c27-14-13-26(18-9-6-16(7-10-18)8-11-20(28)25-30)15-21(29)24-19-5-1-3-17-4-2-12-23-22(17)19/h1-12,14,30H,13,15H2,(H,24,29)(H,25,28)/b11-8+. The lowest BCUT2D eigenvalue weighted by Crippen LogP contribution is -2.34. The summed E-state index contributed by atoms with van der Waals surface area (Å²) in [6, 6.07) is 16.2. The highest BCUT2D eigenvalue weighted by molar-refractivity contribution is 6.02. The summed E-state index contributed by atoms with van der Waals surface area (Å²) < 4.78 is 0. The Labute approximate surface area is 172 Å². The Kier molecular flexibility index (Phi) is 6.86. The summed E-state index contributed by atoms with van der Waals surface area (Å²) in [7, 11) is 0. The third kappa shape index (κ3) is 5.27. The van der Waals surface area contributed by atoms with E-state index in [4.69, 9.17) is 5.21 Å². The van der Waals surface area contributed by atoms with Gasteiger partial charge in [0.05, 0.1) is 24.3 Å². The molecule has 3 aromatic rings. The highest BCUT2D eigenvalue weighted by atomic mass is 16.5. The second kappa shape index (κ2) is 9.94. The molecular formula is C22H20N4O4. The smallest absolute Gasteiger partial charge is 0.267 e. The number of carbonyl (C=O) groups is 3. The van der Waals surface area contributed by atoms with Crippen LogP contribution in [0.1, 0.15) is 5.56 Å². The molecule has 8 heteroatoms. The molecule has 0 spiro atoms. The number of benzene rings is 2. The molecule has 0 atom stereocenters. The summed E-state index contributed by atoms with van der Waals surface area (Å²) in [5.74, 6) is -0.917. The first-order valence-electron chi connectivity index (χ1n) is 9.15. The quantitative estimate of drug-likeness (QED) is 0.230. The van der Waals surface area contributed by atoms with Crippen molar-refractivity contribution >= 4 is 46.5 Å². The number of pyridine rings is 1. The van der Waals surface area contributed by atoms with Crippen LogP contribution in [0.15, 0.2) is 66.9 Å². The number of hydrogen-bond acceptors (Lipinski definition) is 6. The summed E-state index contributed by atoms with van der Waals surface area (Å²) in [6.07, 6.45) is 5.10. The van der Waals surface area contributed by atoms with Gasteiger partial charge in [0.25, 0.3) is 5.91 Å². The number of rotatable bonds is 8.